The van der Waals surface area contributed by atoms with Crippen molar-refractivity contribution in [1.82, 2.24) is 4.98 Å². The highest BCUT2D eigenvalue weighted by Gasteiger charge is 2.18. The Morgan fingerprint density at radius 1 is 1.04 bits per heavy atom. The van der Waals surface area contributed by atoms with Gasteiger partial charge in [-0.1, -0.05) is 41.9 Å². The van der Waals surface area contributed by atoms with Gasteiger partial charge in [0, 0.05) is 16.1 Å². The van der Waals surface area contributed by atoms with Crippen molar-refractivity contribution in [2.75, 3.05) is 5.73 Å². The van der Waals surface area contributed by atoms with E-state index in [1.807, 2.05) is 30.3 Å². The Morgan fingerprint density at radius 2 is 1.70 bits per heavy atom. The van der Waals surface area contributed by atoms with Crippen LogP contribution in [0.5, 0.6) is 5.75 Å². The minimum absolute atomic E-state index is 0.0517. The molecule has 0 saturated carbocycles. The third-order valence-electron chi connectivity index (χ3n) is 3.96. The van der Waals surface area contributed by atoms with Crippen molar-refractivity contribution in [3.63, 3.8) is 0 Å². The van der Waals surface area contributed by atoms with Gasteiger partial charge < -0.3 is 15.5 Å². The zero-order chi connectivity index (χ0) is 19.4. The topological polar surface area (TPSA) is 116 Å². The fourth-order valence-electron chi connectivity index (χ4n) is 2.63. The van der Waals surface area contributed by atoms with Crippen LogP contribution in [0.4, 0.5) is 5.82 Å². The average Bonchev–Trinajstić information content (AvgIpc) is 2.67. The summed E-state index contributed by atoms with van der Waals surface area (Å²) in [4.78, 5) is 14.3. The normalized spacial score (nSPS) is 10.0. The van der Waals surface area contributed by atoms with Crippen molar-refractivity contribution >= 4 is 17.4 Å². The monoisotopic (exact) mass is 376 g/mol. The largest absolute Gasteiger partial charge is 0.489 e. The maximum atomic E-state index is 12.0. The Morgan fingerprint density at radius 3 is 2.33 bits per heavy atom. The zero-order valence-electron chi connectivity index (χ0n) is 14.0. The molecule has 6 nitrogen and oxygen atoms in total. The number of hydrogen-bond donors (Lipinski definition) is 2. The van der Waals surface area contributed by atoms with Crippen LogP contribution in [0.25, 0.3) is 11.1 Å². The number of nitrogens with one attached hydrogen (secondary N) is 1. The Balaban J connectivity index is 1.93. The number of aromatic amines is 1. The van der Waals surface area contributed by atoms with E-state index < -0.39 is 5.56 Å². The van der Waals surface area contributed by atoms with Crippen LogP contribution >= 0.6 is 11.6 Å². The van der Waals surface area contributed by atoms with Crippen LogP contribution in [0.2, 0.25) is 5.02 Å². The number of H-pyrrole nitrogens is 1. The summed E-state index contributed by atoms with van der Waals surface area (Å²) in [5.41, 5.74) is 6.56. The highest BCUT2D eigenvalue weighted by Crippen LogP contribution is 2.29. The Labute approximate surface area is 160 Å². The molecule has 3 rings (SSSR count). The van der Waals surface area contributed by atoms with Crippen LogP contribution in [0.15, 0.2) is 53.3 Å². The lowest BCUT2D eigenvalue weighted by atomic mass is 9.96. The van der Waals surface area contributed by atoms with Gasteiger partial charge in [-0.25, -0.2) is 0 Å². The molecule has 3 aromatic rings. The average molecular weight is 377 g/mol. The number of ether oxygens (including phenoxy) is 1. The third kappa shape index (κ3) is 3.62. The number of nitrogen functional groups attached to an aromatic ring is 1. The number of rotatable bonds is 4. The predicted molar refractivity (Wildman–Crippen MR) is 102 cm³/mol. The minimum atomic E-state index is -0.636. The van der Waals surface area contributed by atoms with Gasteiger partial charge in [0.15, 0.2) is 0 Å². The molecule has 0 atom stereocenters. The second-order valence-electron chi connectivity index (χ2n) is 5.62. The van der Waals surface area contributed by atoms with E-state index in [-0.39, 0.29) is 22.5 Å². The first-order valence-electron chi connectivity index (χ1n) is 7.87. The van der Waals surface area contributed by atoms with Crippen LogP contribution in [-0.2, 0) is 6.61 Å². The lowest BCUT2D eigenvalue weighted by Gasteiger charge is -2.11. The number of benzene rings is 2. The number of aromatic nitrogens is 1. The molecule has 0 bridgehead atoms. The van der Waals surface area contributed by atoms with E-state index in [2.05, 4.69) is 4.98 Å². The van der Waals surface area contributed by atoms with Crippen LogP contribution < -0.4 is 16.0 Å². The molecule has 0 radical (unpaired) electrons. The highest BCUT2D eigenvalue weighted by molar-refractivity contribution is 6.31. The third-order valence-corrected chi connectivity index (χ3v) is 4.33. The molecule has 132 valence electrons. The molecule has 1 aromatic heterocycles. The lowest BCUT2D eigenvalue weighted by molar-refractivity contribution is 0.306. The summed E-state index contributed by atoms with van der Waals surface area (Å²) in [6, 6.07) is 17.8. The molecule has 1 heterocycles. The maximum absolute atomic E-state index is 12.0. The van der Waals surface area contributed by atoms with Gasteiger partial charge in [0.25, 0.3) is 5.56 Å². The van der Waals surface area contributed by atoms with Crippen LogP contribution in [-0.4, -0.2) is 4.98 Å². The fraction of sp³-hybridized carbons (Fsp3) is 0.0500. The van der Waals surface area contributed by atoms with Crippen LogP contribution in [0.1, 0.15) is 16.7 Å². The molecule has 2 aromatic carbocycles. The highest BCUT2D eigenvalue weighted by atomic mass is 35.5. The zero-order valence-corrected chi connectivity index (χ0v) is 14.7. The van der Waals surface area contributed by atoms with E-state index >= 15 is 0 Å². The molecule has 0 saturated heterocycles. The van der Waals surface area contributed by atoms with Crippen molar-refractivity contribution in [3.05, 3.63) is 80.6 Å². The van der Waals surface area contributed by atoms with Gasteiger partial charge in [-0.3, -0.25) is 4.79 Å². The molecule has 0 aliphatic heterocycles. The van der Waals surface area contributed by atoms with Crippen LogP contribution in [0, 0.1) is 22.7 Å². The molecule has 0 amide bonds. The summed E-state index contributed by atoms with van der Waals surface area (Å²) in [7, 11) is 0. The van der Waals surface area contributed by atoms with Crippen molar-refractivity contribution < 1.29 is 4.74 Å². The fourth-order valence-corrected chi connectivity index (χ4v) is 2.82. The molecule has 0 fully saturated rings. The number of nitriles is 2. The van der Waals surface area contributed by atoms with Crippen molar-refractivity contribution in [2.24, 2.45) is 0 Å². The maximum Gasteiger partial charge on any atom is 0.268 e. The standard InChI is InChI=1S/C20H13ClN4O2/c21-17-4-2-1-3-13(17)11-27-14-7-5-12(6-8-14)18-15(9-22)19(24)25-20(26)16(18)10-23/h1-8H,11H2,(H3,24,25,26). The molecule has 27 heavy (non-hydrogen) atoms. The summed E-state index contributed by atoms with van der Waals surface area (Å²) >= 11 is 6.11. The second kappa shape index (κ2) is 7.65. The molecule has 3 N–H and O–H groups in total. The summed E-state index contributed by atoms with van der Waals surface area (Å²) < 4.78 is 5.72. The van der Waals surface area contributed by atoms with Gasteiger partial charge in [0.1, 0.15) is 41.4 Å². The van der Waals surface area contributed by atoms with Gasteiger partial charge in [-0.2, -0.15) is 10.5 Å². The number of nitrogens with zero attached hydrogens (tertiary/aromatic N) is 2. The number of anilines is 1. The van der Waals surface area contributed by atoms with Crippen molar-refractivity contribution in [1.29, 1.82) is 10.5 Å². The van der Waals surface area contributed by atoms with E-state index in [0.29, 0.717) is 22.9 Å². The molecule has 0 spiro atoms. The van der Waals surface area contributed by atoms with Gasteiger partial charge in [-0.15, -0.1) is 0 Å². The van der Waals surface area contributed by atoms with E-state index in [9.17, 15) is 15.3 Å². The van der Waals surface area contributed by atoms with E-state index in [4.69, 9.17) is 22.1 Å². The quantitative estimate of drug-likeness (QED) is 0.721. The first-order chi connectivity index (χ1) is 13.0. The first kappa shape index (κ1) is 18.1. The summed E-state index contributed by atoms with van der Waals surface area (Å²) in [6.45, 7) is 0.296. The second-order valence-corrected chi connectivity index (χ2v) is 6.03. The van der Waals surface area contributed by atoms with E-state index in [1.165, 1.54) is 0 Å². The molecular weight excluding hydrogens is 364 g/mol. The van der Waals surface area contributed by atoms with Crippen molar-refractivity contribution in [2.45, 2.75) is 6.61 Å². The molecular formula is C20H13ClN4O2. The lowest BCUT2D eigenvalue weighted by Crippen LogP contribution is -2.16. The summed E-state index contributed by atoms with van der Waals surface area (Å²) in [5.74, 6) is 0.504. The Hall–Kier alpha value is -3.74. The number of hydrogen-bond acceptors (Lipinski definition) is 5. The predicted octanol–water partition coefficient (Wildman–Crippen LogP) is 3.60. The van der Waals surface area contributed by atoms with E-state index in [1.54, 1.807) is 30.3 Å². The molecule has 0 aliphatic carbocycles. The van der Waals surface area contributed by atoms with Gasteiger partial charge in [0.05, 0.1) is 0 Å². The molecule has 0 aliphatic rings. The van der Waals surface area contributed by atoms with Gasteiger partial charge in [0.2, 0.25) is 0 Å². The van der Waals surface area contributed by atoms with Crippen molar-refractivity contribution in [3.8, 4) is 29.0 Å². The van der Waals surface area contributed by atoms with E-state index in [0.717, 1.165) is 5.56 Å². The molecule has 7 heteroatoms. The van der Waals surface area contributed by atoms with Gasteiger partial charge in [-0.05, 0) is 23.8 Å². The summed E-state index contributed by atoms with van der Waals surface area (Å²) in [5, 5.41) is 19.3. The minimum Gasteiger partial charge on any atom is -0.489 e. The van der Waals surface area contributed by atoms with Crippen LogP contribution in [0.3, 0.4) is 0 Å². The smallest absolute Gasteiger partial charge is 0.268 e. The Kier molecular flexibility index (Phi) is 5.12. The Bertz CT molecular complexity index is 1140. The number of halogens is 1. The summed E-state index contributed by atoms with van der Waals surface area (Å²) in [6.07, 6.45) is 0. The SMILES string of the molecule is N#Cc1c(N)[nH]c(=O)c(C#N)c1-c1ccc(OCc2ccccc2Cl)cc1. The first-order valence-corrected chi connectivity index (χ1v) is 8.25. The number of nitrogens with two attached hydrogens (primary N) is 1. The molecule has 0 unspecified atom stereocenters. The number of pyridine rings is 1. The van der Waals surface area contributed by atoms with Gasteiger partial charge >= 0.3 is 0 Å².